The predicted molar refractivity (Wildman–Crippen MR) is 128 cm³/mol. The number of amides is 2. The third-order valence-electron chi connectivity index (χ3n) is 5.22. The summed E-state index contributed by atoms with van der Waals surface area (Å²) in [5, 5.41) is 8.22. The minimum Gasteiger partial charge on any atom is -0.340 e. The van der Waals surface area contributed by atoms with Gasteiger partial charge in [0.1, 0.15) is 6.04 Å². The maximum Gasteiger partial charge on any atom is 0.251 e. The average molecular weight is 436 g/mol. The first-order chi connectivity index (χ1) is 14.7. The molecule has 1 atom stereocenters. The van der Waals surface area contributed by atoms with E-state index in [1.54, 1.807) is 12.1 Å². The number of thiazole rings is 1. The number of carbonyl (C=O) groups is 2. The van der Waals surface area contributed by atoms with E-state index < -0.39 is 6.04 Å². The summed E-state index contributed by atoms with van der Waals surface area (Å²) in [7, 11) is 0. The number of rotatable bonds is 6. The number of benzene rings is 2. The van der Waals surface area contributed by atoms with Crippen molar-refractivity contribution in [3.63, 3.8) is 0 Å². The lowest BCUT2D eigenvalue weighted by Crippen LogP contribution is -2.47. The molecule has 2 N–H and O–H groups in total. The lowest BCUT2D eigenvalue weighted by molar-refractivity contribution is -0.118. The average Bonchev–Trinajstić information content (AvgIpc) is 3.13. The molecule has 3 aromatic rings. The van der Waals surface area contributed by atoms with Gasteiger partial charge in [0.05, 0.1) is 5.69 Å². The molecule has 0 fully saturated rings. The molecule has 0 aliphatic heterocycles. The normalized spacial score (nSPS) is 12.0. The summed E-state index contributed by atoms with van der Waals surface area (Å²) in [5.41, 5.74) is 7.08. The van der Waals surface area contributed by atoms with Crippen LogP contribution in [0.2, 0.25) is 0 Å². The number of anilines is 1. The van der Waals surface area contributed by atoms with Gasteiger partial charge in [0.15, 0.2) is 5.13 Å². The smallest absolute Gasteiger partial charge is 0.251 e. The third kappa shape index (κ3) is 5.39. The summed E-state index contributed by atoms with van der Waals surface area (Å²) < 4.78 is 0. The molecule has 2 amide bonds. The molecule has 0 saturated carbocycles. The van der Waals surface area contributed by atoms with Crippen molar-refractivity contribution in [1.29, 1.82) is 0 Å². The molecule has 0 aliphatic carbocycles. The summed E-state index contributed by atoms with van der Waals surface area (Å²) in [6.45, 7) is 12.0. The minimum absolute atomic E-state index is 0.0737. The van der Waals surface area contributed by atoms with Crippen LogP contribution in [-0.2, 0) is 4.79 Å². The Balaban J connectivity index is 1.75. The maximum atomic E-state index is 12.9. The summed E-state index contributed by atoms with van der Waals surface area (Å²) in [6, 6.07) is 10.9. The quantitative estimate of drug-likeness (QED) is 0.542. The molecule has 5 nitrogen and oxygen atoms in total. The zero-order valence-corrected chi connectivity index (χ0v) is 19.7. The Labute approximate surface area is 187 Å². The molecular weight excluding hydrogens is 406 g/mol. The monoisotopic (exact) mass is 435 g/mol. The molecule has 1 heterocycles. The fourth-order valence-electron chi connectivity index (χ4n) is 3.68. The lowest BCUT2D eigenvalue weighted by Gasteiger charge is -2.21. The molecule has 0 spiro atoms. The second-order valence-electron chi connectivity index (χ2n) is 8.36. The van der Waals surface area contributed by atoms with Crippen LogP contribution in [0.3, 0.4) is 0 Å². The third-order valence-corrected chi connectivity index (χ3v) is 5.97. The van der Waals surface area contributed by atoms with Crippen LogP contribution < -0.4 is 10.6 Å². The largest absolute Gasteiger partial charge is 0.340 e. The van der Waals surface area contributed by atoms with Gasteiger partial charge in [-0.3, -0.25) is 9.59 Å². The Morgan fingerprint density at radius 1 is 0.935 bits per heavy atom. The van der Waals surface area contributed by atoms with Crippen LogP contribution in [0.4, 0.5) is 5.13 Å². The summed E-state index contributed by atoms with van der Waals surface area (Å²) in [5.74, 6) is -0.608. The molecular formula is C25H29N3O2S. The van der Waals surface area contributed by atoms with Gasteiger partial charge in [-0.1, -0.05) is 49.2 Å². The first-order valence-electron chi connectivity index (χ1n) is 10.4. The topological polar surface area (TPSA) is 71.1 Å². The van der Waals surface area contributed by atoms with E-state index in [0.717, 1.165) is 27.9 Å². The van der Waals surface area contributed by atoms with Crippen molar-refractivity contribution in [3.8, 4) is 11.3 Å². The first kappa shape index (κ1) is 22.7. The number of hydrogen-bond donors (Lipinski definition) is 2. The molecule has 1 aromatic heterocycles. The molecule has 0 bridgehead atoms. The van der Waals surface area contributed by atoms with Crippen LogP contribution in [0.5, 0.6) is 0 Å². The second kappa shape index (κ2) is 9.43. The second-order valence-corrected chi connectivity index (χ2v) is 9.22. The summed E-state index contributed by atoms with van der Waals surface area (Å²) in [6.07, 6.45) is 0. The van der Waals surface area contributed by atoms with Crippen LogP contribution in [0.1, 0.15) is 46.5 Å². The van der Waals surface area contributed by atoms with Gasteiger partial charge in [-0.15, -0.1) is 11.3 Å². The van der Waals surface area contributed by atoms with E-state index in [2.05, 4.69) is 48.5 Å². The van der Waals surface area contributed by atoms with Crippen LogP contribution in [0.15, 0.2) is 41.8 Å². The van der Waals surface area contributed by atoms with Crippen LogP contribution in [0, 0.1) is 33.6 Å². The molecule has 2 aromatic carbocycles. The van der Waals surface area contributed by atoms with E-state index in [1.807, 2.05) is 38.3 Å². The Morgan fingerprint density at radius 2 is 1.55 bits per heavy atom. The van der Waals surface area contributed by atoms with Crippen molar-refractivity contribution in [2.75, 3.05) is 5.32 Å². The van der Waals surface area contributed by atoms with E-state index in [4.69, 9.17) is 0 Å². The van der Waals surface area contributed by atoms with Crippen molar-refractivity contribution in [2.24, 2.45) is 5.92 Å². The van der Waals surface area contributed by atoms with E-state index in [1.165, 1.54) is 16.9 Å². The highest BCUT2D eigenvalue weighted by molar-refractivity contribution is 7.14. The maximum absolute atomic E-state index is 12.9. The highest BCUT2D eigenvalue weighted by Crippen LogP contribution is 2.31. The molecule has 0 radical (unpaired) electrons. The van der Waals surface area contributed by atoms with Crippen LogP contribution in [0.25, 0.3) is 11.3 Å². The van der Waals surface area contributed by atoms with E-state index in [9.17, 15) is 9.59 Å². The molecule has 0 unspecified atom stereocenters. The van der Waals surface area contributed by atoms with E-state index in [0.29, 0.717) is 10.7 Å². The Morgan fingerprint density at radius 3 is 2.13 bits per heavy atom. The van der Waals surface area contributed by atoms with Gasteiger partial charge in [0, 0.05) is 16.5 Å². The summed E-state index contributed by atoms with van der Waals surface area (Å²) in [4.78, 5) is 30.2. The van der Waals surface area contributed by atoms with Gasteiger partial charge in [-0.2, -0.15) is 0 Å². The fourth-order valence-corrected chi connectivity index (χ4v) is 4.38. The predicted octanol–water partition coefficient (Wildman–Crippen LogP) is 5.44. The lowest BCUT2D eigenvalue weighted by atomic mass is 9.98. The molecule has 0 aliphatic rings. The van der Waals surface area contributed by atoms with Crippen LogP contribution >= 0.6 is 11.3 Å². The number of carbonyl (C=O) groups excluding carboxylic acids is 2. The van der Waals surface area contributed by atoms with E-state index in [-0.39, 0.29) is 17.7 Å². The van der Waals surface area contributed by atoms with Crippen molar-refractivity contribution in [3.05, 3.63) is 69.6 Å². The minimum atomic E-state index is -0.663. The first-order valence-corrected chi connectivity index (χ1v) is 11.3. The molecule has 0 saturated heterocycles. The molecule has 162 valence electrons. The van der Waals surface area contributed by atoms with Crippen molar-refractivity contribution in [1.82, 2.24) is 10.3 Å². The standard InChI is InChI=1S/C25H29N3O2S/c1-14(2)22(27-23(29)19-9-7-15(3)8-10-19)24(30)28-25-26-20(13-31-25)21-17(5)11-16(4)12-18(21)6/h7-14,22H,1-6H3,(H,27,29)(H,26,28,30)/t22-/m1/s1. The highest BCUT2D eigenvalue weighted by atomic mass is 32.1. The van der Waals surface area contributed by atoms with Crippen molar-refractivity contribution >= 4 is 28.3 Å². The molecule has 6 heteroatoms. The SMILES string of the molecule is Cc1ccc(C(=O)N[C@@H](C(=O)Nc2nc(-c3c(C)cc(C)cc3C)cs2)C(C)C)cc1. The van der Waals surface area contributed by atoms with E-state index >= 15 is 0 Å². The fraction of sp³-hybridized carbons (Fsp3) is 0.320. The molecule has 31 heavy (non-hydrogen) atoms. The van der Waals surface area contributed by atoms with Crippen molar-refractivity contribution in [2.45, 2.75) is 47.6 Å². The highest BCUT2D eigenvalue weighted by Gasteiger charge is 2.25. The van der Waals surface area contributed by atoms with Crippen molar-refractivity contribution < 1.29 is 9.59 Å². The van der Waals surface area contributed by atoms with Gasteiger partial charge < -0.3 is 10.6 Å². The van der Waals surface area contributed by atoms with Crippen LogP contribution in [-0.4, -0.2) is 22.8 Å². The van der Waals surface area contributed by atoms with Gasteiger partial charge in [-0.05, 0) is 56.9 Å². The summed E-state index contributed by atoms with van der Waals surface area (Å²) >= 11 is 1.38. The Kier molecular flexibility index (Phi) is 6.91. The van der Waals surface area contributed by atoms with Gasteiger partial charge in [0.2, 0.25) is 5.91 Å². The molecule has 3 rings (SSSR count). The Hall–Kier alpha value is -2.99. The number of nitrogens with one attached hydrogen (secondary N) is 2. The van der Waals surface area contributed by atoms with Gasteiger partial charge in [-0.25, -0.2) is 4.98 Å². The zero-order valence-electron chi connectivity index (χ0n) is 18.9. The van der Waals surface area contributed by atoms with Gasteiger partial charge >= 0.3 is 0 Å². The van der Waals surface area contributed by atoms with Gasteiger partial charge in [0.25, 0.3) is 5.91 Å². The number of hydrogen-bond acceptors (Lipinski definition) is 4. The zero-order chi connectivity index (χ0) is 22.7. The number of aryl methyl sites for hydroxylation is 4. The number of aromatic nitrogens is 1. The Bertz CT molecular complexity index is 1080. The number of nitrogens with zero attached hydrogens (tertiary/aromatic N) is 1.